The lowest BCUT2D eigenvalue weighted by molar-refractivity contribution is -0.110. The number of amides is 1. The van der Waals surface area contributed by atoms with E-state index in [9.17, 15) is 4.79 Å². The number of carbonyl (C=O) groups excluding carboxylic acids is 1. The molecule has 0 saturated heterocycles. The van der Waals surface area contributed by atoms with Gasteiger partial charge in [0.1, 0.15) is 11.4 Å². The number of anilines is 2. The minimum absolute atomic E-state index is 0.180. The van der Waals surface area contributed by atoms with Crippen LogP contribution in [0, 0.1) is 0 Å². The molecule has 1 amide bonds. The lowest BCUT2D eigenvalue weighted by Gasteiger charge is -2.13. The molecule has 0 bridgehead atoms. The summed E-state index contributed by atoms with van der Waals surface area (Å²) in [5.74, 6) is -0.392. The molecule has 0 aliphatic heterocycles. The molecule has 0 aromatic carbocycles. The van der Waals surface area contributed by atoms with Gasteiger partial charge in [0.05, 0.1) is 29.0 Å². The summed E-state index contributed by atoms with van der Waals surface area (Å²) in [4.78, 5) is 28.1. The summed E-state index contributed by atoms with van der Waals surface area (Å²) >= 11 is 0. The summed E-state index contributed by atoms with van der Waals surface area (Å²) in [6, 6.07) is 7.49. The molecule has 8 nitrogen and oxygen atoms in total. The number of aryl methyl sites for hydroxylation is 1. The van der Waals surface area contributed by atoms with Crippen molar-refractivity contribution in [1.82, 2.24) is 19.7 Å². The van der Waals surface area contributed by atoms with E-state index in [1.54, 1.807) is 36.5 Å². The van der Waals surface area contributed by atoms with E-state index in [1.807, 2.05) is 56.3 Å². The summed E-state index contributed by atoms with van der Waals surface area (Å²) in [5.41, 5.74) is 4.32. The maximum atomic E-state index is 13.0. The van der Waals surface area contributed by atoms with Gasteiger partial charge in [-0.25, -0.2) is 4.99 Å². The number of aromatic nitrogens is 4. The second kappa shape index (κ2) is 9.62. The van der Waals surface area contributed by atoms with E-state index in [4.69, 9.17) is 0 Å². The van der Waals surface area contributed by atoms with Crippen LogP contribution in [-0.4, -0.2) is 45.5 Å². The Morgan fingerprint density at radius 2 is 2.10 bits per heavy atom. The lowest BCUT2D eigenvalue weighted by Crippen LogP contribution is -2.21. The van der Waals surface area contributed by atoms with Crippen molar-refractivity contribution in [2.24, 2.45) is 12.0 Å². The molecule has 3 aromatic rings. The third kappa shape index (κ3) is 5.11. The van der Waals surface area contributed by atoms with Gasteiger partial charge < -0.3 is 10.2 Å². The van der Waals surface area contributed by atoms with Crippen LogP contribution in [0.4, 0.5) is 11.4 Å². The van der Waals surface area contributed by atoms with Crippen LogP contribution in [0.1, 0.15) is 12.5 Å². The van der Waals surface area contributed by atoms with Crippen molar-refractivity contribution in [2.75, 3.05) is 24.3 Å². The van der Waals surface area contributed by atoms with Crippen LogP contribution in [0.25, 0.3) is 17.1 Å². The predicted molar refractivity (Wildman–Crippen MR) is 125 cm³/mol. The third-order valence-corrected chi connectivity index (χ3v) is 4.46. The quantitative estimate of drug-likeness (QED) is 0.596. The standard InChI is InChI=1S/C23H25N7O/c1-6-18(16-12-17(29(3)4)14-24-13-16)26-19(7-2)23(31)27-21-15-30(5)28-22(21)20-10-8-9-11-25-20/h6-15H,2H2,1,3-5H3,(H,27,31)/b18-6-,26-19+. The first-order chi connectivity index (χ1) is 14.9. The average molecular weight is 416 g/mol. The van der Waals surface area contributed by atoms with Crippen LogP contribution in [0.3, 0.4) is 0 Å². The molecule has 3 aromatic heterocycles. The van der Waals surface area contributed by atoms with E-state index < -0.39 is 5.91 Å². The molecule has 0 fully saturated rings. The Bertz CT molecular complexity index is 1140. The Labute approximate surface area is 181 Å². The SMILES string of the molecule is C=C/C(=N\C(=C/C)c1cncc(N(C)C)c1)C(=O)Nc1cn(C)nc1-c1ccccn1. The molecule has 0 aliphatic rings. The Hall–Kier alpha value is -4.07. The predicted octanol–water partition coefficient (Wildman–Crippen LogP) is 3.57. The molecule has 3 rings (SSSR count). The van der Waals surface area contributed by atoms with Gasteiger partial charge in [0, 0.05) is 45.3 Å². The largest absolute Gasteiger partial charge is 0.376 e. The van der Waals surface area contributed by atoms with Gasteiger partial charge in [-0.15, -0.1) is 0 Å². The molecule has 0 radical (unpaired) electrons. The minimum Gasteiger partial charge on any atom is -0.376 e. The van der Waals surface area contributed by atoms with Crippen LogP contribution in [0.5, 0.6) is 0 Å². The van der Waals surface area contributed by atoms with Crippen molar-refractivity contribution >= 4 is 28.7 Å². The van der Waals surface area contributed by atoms with Crippen LogP contribution >= 0.6 is 0 Å². The molecule has 1 N–H and O–H groups in total. The Kier molecular flexibility index (Phi) is 6.71. The van der Waals surface area contributed by atoms with E-state index in [0.29, 0.717) is 22.8 Å². The monoisotopic (exact) mass is 415 g/mol. The van der Waals surface area contributed by atoms with Gasteiger partial charge in [0.15, 0.2) is 0 Å². The number of rotatable bonds is 7. The summed E-state index contributed by atoms with van der Waals surface area (Å²) < 4.78 is 1.63. The van der Waals surface area contributed by atoms with Crippen LogP contribution in [0.2, 0.25) is 0 Å². The molecule has 31 heavy (non-hydrogen) atoms. The smallest absolute Gasteiger partial charge is 0.274 e. The first kappa shape index (κ1) is 21.6. The van der Waals surface area contributed by atoms with Gasteiger partial charge in [-0.3, -0.25) is 19.4 Å². The fourth-order valence-electron chi connectivity index (χ4n) is 2.89. The van der Waals surface area contributed by atoms with Crippen molar-refractivity contribution in [2.45, 2.75) is 6.92 Å². The number of pyridine rings is 2. The van der Waals surface area contributed by atoms with Gasteiger partial charge >= 0.3 is 0 Å². The summed E-state index contributed by atoms with van der Waals surface area (Å²) in [6.45, 7) is 5.62. The molecule has 0 atom stereocenters. The van der Waals surface area contributed by atoms with E-state index in [-0.39, 0.29) is 5.71 Å². The Morgan fingerprint density at radius 3 is 2.74 bits per heavy atom. The number of allylic oxidation sites excluding steroid dienone is 1. The molecule has 0 spiro atoms. The van der Waals surface area contributed by atoms with Crippen LogP contribution < -0.4 is 10.2 Å². The zero-order chi connectivity index (χ0) is 22.4. The zero-order valence-corrected chi connectivity index (χ0v) is 18.1. The second-order valence-electron chi connectivity index (χ2n) is 6.94. The first-order valence-electron chi connectivity index (χ1n) is 9.69. The summed E-state index contributed by atoms with van der Waals surface area (Å²) in [7, 11) is 5.66. The van der Waals surface area contributed by atoms with Crippen molar-refractivity contribution < 1.29 is 4.79 Å². The molecule has 8 heteroatoms. The van der Waals surface area contributed by atoms with E-state index in [2.05, 4.69) is 32.0 Å². The minimum atomic E-state index is -0.392. The van der Waals surface area contributed by atoms with Crippen molar-refractivity contribution in [3.8, 4) is 11.4 Å². The molecule has 158 valence electrons. The zero-order valence-electron chi connectivity index (χ0n) is 18.1. The number of hydrogen-bond donors (Lipinski definition) is 1. The summed E-state index contributed by atoms with van der Waals surface area (Å²) in [5, 5.41) is 7.30. The second-order valence-corrected chi connectivity index (χ2v) is 6.94. The number of carbonyl (C=O) groups is 1. The fraction of sp³-hybridized carbons (Fsp3) is 0.174. The highest BCUT2D eigenvalue weighted by atomic mass is 16.1. The van der Waals surface area contributed by atoms with Gasteiger partial charge in [0.2, 0.25) is 0 Å². The highest BCUT2D eigenvalue weighted by molar-refractivity contribution is 6.47. The van der Waals surface area contributed by atoms with Gasteiger partial charge in [-0.05, 0) is 31.2 Å². The van der Waals surface area contributed by atoms with Crippen molar-refractivity contribution in [3.05, 3.63) is 73.3 Å². The number of nitrogens with zero attached hydrogens (tertiary/aromatic N) is 6. The van der Waals surface area contributed by atoms with Crippen LogP contribution in [-0.2, 0) is 11.8 Å². The molecule has 0 aliphatic carbocycles. The number of aliphatic imine (C=N–C) groups is 1. The molecule has 0 saturated carbocycles. The molecule has 0 unspecified atom stereocenters. The Balaban J connectivity index is 1.89. The maximum absolute atomic E-state index is 13.0. The van der Waals surface area contributed by atoms with E-state index in [1.165, 1.54) is 6.08 Å². The van der Waals surface area contributed by atoms with E-state index in [0.717, 1.165) is 11.3 Å². The average Bonchev–Trinajstić information content (AvgIpc) is 3.15. The number of nitrogens with one attached hydrogen (secondary N) is 1. The van der Waals surface area contributed by atoms with Gasteiger partial charge in [-0.1, -0.05) is 18.7 Å². The first-order valence-corrected chi connectivity index (χ1v) is 9.69. The Morgan fingerprint density at radius 1 is 1.29 bits per heavy atom. The lowest BCUT2D eigenvalue weighted by atomic mass is 10.2. The van der Waals surface area contributed by atoms with Crippen molar-refractivity contribution in [3.63, 3.8) is 0 Å². The van der Waals surface area contributed by atoms with E-state index >= 15 is 0 Å². The number of hydrogen-bond acceptors (Lipinski definition) is 6. The maximum Gasteiger partial charge on any atom is 0.274 e. The van der Waals surface area contributed by atoms with Crippen molar-refractivity contribution in [1.29, 1.82) is 0 Å². The van der Waals surface area contributed by atoms with Crippen LogP contribution in [0.15, 0.2) is 72.8 Å². The fourth-order valence-corrected chi connectivity index (χ4v) is 2.89. The third-order valence-electron chi connectivity index (χ3n) is 4.46. The van der Waals surface area contributed by atoms with Gasteiger partial charge in [-0.2, -0.15) is 5.10 Å². The normalized spacial score (nSPS) is 11.9. The topological polar surface area (TPSA) is 88.3 Å². The summed E-state index contributed by atoms with van der Waals surface area (Å²) in [6.07, 6.45) is 10.1. The molecular formula is C23H25N7O. The highest BCUT2D eigenvalue weighted by Crippen LogP contribution is 2.25. The molecular weight excluding hydrogens is 390 g/mol. The van der Waals surface area contributed by atoms with Gasteiger partial charge in [0.25, 0.3) is 5.91 Å². The highest BCUT2D eigenvalue weighted by Gasteiger charge is 2.17. The molecule has 3 heterocycles.